The fourth-order valence-electron chi connectivity index (χ4n) is 1.04. The fraction of sp³-hybridized carbons (Fsp3) is 0.857. The summed E-state index contributed by atoms with van der Waals surface area (Å²) in [5.74, 6) is 2.05. The Morgan fingerprint density at radius 3 is 3.18 bits per heavy atom. The molecule has 1 rings (SSSR count). The first-order chi connectivity index (χ1) is 5.33. The van der Waals surface area contributed by atoms with Gasteiger partial charge in [-0.3, -0.25) is 4.79 Å². The third-order valence-corrected chi connectivity index (χ3v) is 2.77. The Balaban J connectivity index is 2.19. The molecule has 11 heavy (non-hydrogen) atoms. The number of rotatable bonds is 2. The Bertz CT molecular complexity index is 134. The summed E-state index contributed by atoms with van der Waals surface area (Å²) < 4.78 is 4.56. The predicted octanol–water partition coefficient (Wildman–Crippen LogP) is 0.254. The molecule has 0 saturated carbocycles. The summed E-state index contributed by atoms with van der Waals surface area (Å²) in [5.41, 5.74) is 0. The van der Waals surface area contributed by atoms with E-state index in [2.05, 4.69) is 10.1 Å². The first-order valence-corrected chi connectivity index (χ1v) is 4.86. The van der Waals surface area contributed by atoms with E-state index in [4.69, 9.17) is 0 Å². The molecule has 4 heteroatoms. The lowest BCUT2D eigenvalue weighted by molar-refractivity contribution is -0.141. The van der Waals surface area contributed by atoms with Gasteiger partial charge >= 0.3 is 5.97 Å². The van der Waals surface area contributed by atoms with Crippen molar-refractivity contribution in [2.45, 2.75) is 12.5 Å². The van der Waals surface area contributed by atoms with Gasteiger partial charge in [0.1, 0.15) is 0 Å². The van der Waals surface area contributed by atoms with Crippen LogP contribution in [0.3, 0.4) is 0 Å². The lowest BCUT2D eigenvalue weighted by Gasteiger charge is -2.21. The Kier molecular flexibility index (Phi) is 3.72. The van der Waals surface area contributed by atoms with E-state index in [9.17, 15) is 4.79 Å². The van der Waals surface area contributed by atoms with E-state index in [-0.39, 0.29) is 5.97 Å². The molecular weight excluding hydrogens is 162 g/mol. The van der Waals surface area contributed by atoms with Crippen molar-refractivity contribution in [1.29, 1.82) is 0 Å². The number of nitrogens with one attached hydrogen (secondary N) is 1. The number of carbonyl (C=O) groups is 1. The van der Waals surface area contributed by atoms with Gasteiger partial charge in [0.05, 0.1) is 13.5 Å². The average molecular weight is 175 g/mol. The van der Waals surface area contributed by atoms with Crippen LogP contribution >= 0.6 is 11.8 Å². The van der Waals surface area contributed by atoms with Crippen molar-refractivity contribution in [1.82, 2.24) is 5.32 Å². The predicted molar refractivity (Wildman–Crippen MR) is 45.7 cm³/mol. The molecule has 0 aromatic heterocycles. The van der Waals surface area contributed by atoms with Gasteiger partial charge in [0.25, 0.3) is 0 Å². The first-order valence-electron chi connectivity index (χ1n) is 3.71. The van der Waals surface area contributed by atoms with Crippen LogP contribution in [0.5, 0.6) is 0 Å². The summed E-state index contributed by atoms with van der Waals surface area (Å²) in [7, 11) is 1.43. The highest BCUT2D eigenvalue weighted by Crippen LogP contribution is 2.10. The summed E-state index contributed by atoms with van der Waals surface area (Å²) >= 11 is 1.89. The Morgan fingerprint density at radius 1 is 1.82 bits per heavy atom. The third kappa shape index (κ3) is 3.12. The molecule has 0 bridgehead atoms. The minimum absolute atomic E-state index is 0.120. The smallest absolute Gasteiger partial charge is 0.307 e. The van der Waals surface area contributed by atoms with Crippen molar-refractivity contribution in [2.75, 3.05) is 25.2 Å². The molecule has 1 atom stereocenters. The van der Waals surface area contributed by atoms with E-state index in [1.54, 1.807) is 0 Å². The lowest BCUT2D eigenvalue weighted by atomic mass is 10.2. The number of methoxy groups -OCH3 is 1. The molecule has 0 radical (unpaired) electrons. The zero-order valence-corrected chi connectivity index (χ0v) is 7.45. The monoisotopic (exact) mass is 175 g/mol. The molecule has 3 nitrogen and oxygen atoms in total. The molecule has 0 aliphatic carbocycles. The van der Waals surface area contributed by atoms with Gasteiger partial charge in [0.15, 0.2) is 0 Å². The maximum absolute atomic E-state index is 10.8. The number of thioether (sulfide) groups is 1. The number of carbonyl (C=O) groups excluding carboxylic acids is 1. The van der Waals surface area contributed by atoms with Crippen LogP contribution in [0, 0.1) is 0 Å². The molecular formula is C7H13NO2S. The van der Waals surface area contributed by atoms with Gasteiger partial charge in [-0.05, 0) is 0 Å². The zero-order valence-electron chi connectivity index (χ0n) is 6.63. The quantitative estimate of drug-likeness (QED) is 0.611. The lowest BCUT2D eigenvalue weighted by Crippen LogP contribution is -2.39. The summed E-state index contributed by atoms with van der Waals surface area (Å²) in [5, 5.41) is 3.26. The van der Waals surface area contributed by atoms with Gasteiger partial charge in [-0.1, -0.05) is 0 Å². The van der Waals surface area contributed by atoms with Crippen LogP contribution in [0.4, 0.5) is 0 Å². The Morgan fingerprint density at radius 2 is 2.64 bits per heavy atom. The highest BCUT2D eigenvalue weighted by Gasteiger charge is 2.16. The maximum atomic E-state index is 10.8. The van der Waals surface area contributed by atoms with Crippen molar-refractivity contribution in [3.05, 3.63) is 0 Å². The van der Waals surface area contributed by atoms with Crippen LogP contribution in [0.1, 0.15) is 6.42 Å². The average Bonchev–Trinajstić information content (AvgIpc) is 2.06. The Hall–Kier alpha value is -0.220. The molecule has 0 aromatic carbocycles. The van der Waals surface area contributed by atoms with Crippen molar-refractivity contribution >= 4 is 17.7 Å². The van der Waals surface area contributed by atoms with Crippen molar-refractivity contribution < 1.29 is 9.53 Å². The minimum Gasteiger partial charge on any atom is -0.469 e. The van der Waals surface area contributed by atoms with E-state index in [0.29, 0.717) is 12.5 Å². The maximum Gasteiger partial charge on any atom is 0.307 e. The first kappa shape index (κ1) is 8.87. The molecule has 0 aromatic rings. The third-order valence-electron chi connectivity index (χ3n) is 1.64. The van der Waals surface area contributed by atoms with Crippen molar-refractivity contribution in [3.63, 3.8) is 0 Å². The van der Waals surface area contributed by atoms with E-state index >= 15 is 0 Å². The normalized spacial score (nSPS) is 24.6. The van der Waals surface area contributed by atoms with Crippen LogP contribution in [-0.2, 0) is 9.53 Å². The number of hydrogen-bond acceptors (Lipinski definition) is 4. The minimum atomic E-state index is -0.120. The molecule has 1 fully saturated rings. The molecule has 1 N–H and O–H groups in total. The largest absolute Gasteiger partial charge is 0.469 e. The molecule has 1 heterocycles. The SMILES string of the molecule is COC(=O)C[C@H]1CSCCN1. The van der Waals surface area contributed by atoms with E-state index in [1.807, 2.05) is 11.8 Å². The van der Waals surface area contributed by atoms with Gasteiger partial charge < -0.3 is 10.1 Å². The molecule has 1 aliphatic rings. The van der Waals surface area contributed by atoms with Crippen molar-refractivity contribution in [3.8, 4) is 0 Å². The second-order valence-corrected chi connectivity index (χ2v) is 3.66. The van der Waals surface area contributed by atoms with E-state index in [1.165, 1.54) is 7.11 Å². The molecule has 64 valence electrons. The van der Waals surface area contributed by atoms with E-state index < -0.39 is 0 Å². The van der Waals surface area contributed by atoms with Crippen LogP contribution in [0.15, 0.2) is 0 Å². The summed E-state index contributed by atoms with van der Waals surface area (Å²) in [6.07, 6.45) is 0.503. The summed E-state index contributed by atoms with van der Waals surface area (Å²) in [6.45, 7) is 1.01. The van der Waals surface area contributed by atoms with Crippen LogP contribution in [-0.4, -0.2) is 37.2 Å². The van der Waals surface area contributed by atoms with Crippen LogP contribution < -0.4 is 5.32 Å². The Labute approximate surface area is 70.9 Å². The summed E-state index contributed by atoms with van der Waals surface area (Å²) in [6, 6.07) is 0.321. The van der Waals surface area contributed by atoms with Crippen LogP contribution in [0.2, 0.25) is 0 Å². The molecule has 1 saturated heterocycles. The molecule has 0 spiro atoms. The molecule has 0 amide bonds. The topological polar surface area (TPSA) is 38.3 Å². The number of hydrogen-bond donors (Lipinski definition) is 1. The van der Waals surface area contributed by atoms with Gasteiger partial charge in [-0.25, -0.2) is 0 Å². The second kappa shape index (κ2) is 4.62. The van der Waals surface area contributed by atoms with Crippen LogP contribution in [0.25, 0.3) is 0 Å². The number of esters is 1. The molecule has 0 unspecified atom stereocenters. The number of ether oxygens (including phenoxy) is 1. The van der Waals surface area contributed by atoms with Gasteiger partial charge in [0, 0.05) is 24.1 Å². The highest BCUT2D eigenvalue weighted by molar-refractivity contribution is 7.99. The summed E-state index contributed by atoms with van der Waals surface area (Å²) in [4.78, 5) is 10.8. The van der Waals surface area contributed by atoms with E-state index in [0.717, 1.165) is 18.1 Å². The standard InChI is InChI=1S/C7H13NO2S/c1-10-7(9)4-6-5-11-3-2-8-6/h6,8H,2-5H2,1H3/t6-/m0/s1. The van der Waals surface area contributed by atoms with Crippen molar-refractivity contribution in [2.24, 2.45) is 0 Å². The molecule has 1 aliphatic heterocycles. The van der Waals surface area contributed by atoms with Gasteiger partial charge in [-0.15, -0.1) is 0 Å². The fourth-order valence-corrected chi connectivity index (χ4v) is 1.98. The zero-order chi connectivity index (χ0) is 8.10. The van der Waals surface area contributed by atoms with Gasteiger partial charge in [0.2, 0.25) is 0 Å². The highest BCUT2D eigenvalue weighted by atomic mass is 32.2. The van der Waals surface area contributed by atoms with Gasteiger partial charge in [-0.2, -0.15) is 11.8 Å². The second-order valence-electron chi connectivity index (χ2n) is 2.51.